The summed E-state index contributed by atoms with van der Waals surface area (Å²) in [6, 6.07) is 1.61. The molecule has 11 nitrogen and oxygen atoms in total. The number of rotatable bonds is 9. The lowest BCUT2D eigenvalue weighted by molar-refractivity contribution is -0.198. The maximum atomic E-state index is 11.5. The highest BCUT2D eigenvalue weighted by Gasteiger charge is 2.44. The van der Waals surface area contributed by atoms with Crippen LogP contribution in [0, 0.1) is 11.3 Å². The van der Waals surface area contributed by atoms with Gasteiger partial charge < -0.3 is 23.7 Å². The number of hydrogen-bond acceptors (Lipinski definition) is 11. The van der Waals surface area contributed by atoms with Gasteiger partial charge in [-0.05, 0) is 0 Å². The van der Waals surface area contributed by atoms with Gasteiger partial charge >= 0.3 is 29.8 Å². The van der Waals surface area contributed by atoms with Gasteiger partial charge in [-0.15, -0.1) is 0 Å². The Kier molecular flexibility index (Phi) is 10.1. The third kappa shape index (κ3) is 9.78. The van der Waals surface area contributed by atoms with E-state index >= 15 is 0 Å². The van der Waals surface area contributed by atoms with Gasteiger partial charge in [-0.25, -0.2) is 0 Å². The number of nitrogens with zero attached hydrogens (tertiary/aromatic N) is 1. The molecule has 0 aromatic heterocycles. The lowest BCUT2D eigenvalue weighted by Gasteiger charge is -2.33. The summed E-state index contributed by atoms with van der Waals surface area (Å²) in [5.74, 6) is -4.19. The number of nitriles is 1. The third-order valence-electron chi connectivity index (χ3n) is 2.78. The van der Waals surface area contributed by atoms with Crippen LogP contribution in [0.5, 0.6) is 0 Å². The van der Waals surface area contributed by atoms with Gasteiger partial charge in [0.2, 0.25) is 6.10 Å². The monoisotopic (exact) mass is 387 g/mol. The zero-order chi connectivity index (χ0) is 21.1. The molecule has 0 saturated heterocycles. The van der Waals surface area contributed by atoms with Crippen LogP contribution in [0.2, 0.25) is 0 Å². The Labute approximate surface area is 155 Å². The Morgan fingerprint density at radius 1 is 0.704 bits per heavy atom. The van der Waals surface area contributed by atoms with E-state index in [1.165, 1.54) is 0 Å². The van der Waals surface area contributed by atoms with Crippen molar-refractivity contribution in [3.8, 4) is 6.07 Å². The minimum Gasteiger partial charge on any atom is -0.462 e. The topological polar surface area (TPSA) is 155 Å². The van der Waals surface area contributed by atoms with Crippen LogP contribution in [-0.4, -0.2) is 60.9 Å². The van der Waals surface area contributed by atoms with Crippen molar-refractivity contribution in [2.75, 3.05) is 6.61 Å². The fourth-order valence-electron chi connectivity index (χ4n) is 1.99. The standard InChI is InChI=1S/C16H21NO10/c1-8(18)23-7-14(25-10(3)20)16(27-12(5)22)15(26-11(4)21)13(6-17)24-9(2)19/h13-16H,7H2,1-5H3/t13-,14+,15+,16+/m1/s1. The van der Waals surface area contributed by atoms with Crippen molar-refractivity contribution in [3.05, 3.63) is 0 Å². The van der Waals surface area contributed by atoms with E-state index in [0.717, 1.165) is 34.6 Å². The molecule has 0 rings (SSSR count). The molecule has 4 atom stereocenters. The highest BCUT2D eigenvalue weighted by Crippen LogP contribution is 2.19. The van der Waals surface area contributed by atoms with Crippen molar-refractivity contribution in [3.63, 3.8) is 0 Å². The molecule has 11 heteroatoms. The second-order valence-electron chi connectivity index (χ2n) is 5.26. The molecule has 0 N–H and O–H groups in total. The zero-order valence-corrected chi connectivity index (χ0v) is 15.5. The molecule has 0 aliphatic carbocycles. The van der Waals surface area contributed by atoms with Crippen LogP contribution in [0.15, 0.2) is 0 Å². The average Bonchev–Trinajstić information content (AvgIpc) is 2.51. The van der Waals surface area contributed by atoms with Crippen molar-refractivity contribution in [2.24, 2.45) is 0 Å². The van der Waals surface area contributed by atoms with Gasteiger partial charge in [0.15, 0.2) is 18.3 Å². The van der Waals surface area contributed by atoms with E-state index in [2.05, 4.69) is 0 Å². The molecule has 0 amide bonds. The molecule has 0 aromatic rings. The molecule has 0 aromatic carbocycles. The largest absolute Gasteiger partial charge is 0.462 e. The maximum absolute atomic E-state index is 11.5. The summed E-state index contributed by atoms with van der Waals surface area (Å²) in [6.45, 7) is 4.60. The van der Waals surface area contributed by atoms with E-state index in [4.69, 9.17) is 23.7 Å². The van der Waals surface area contributed by atoms with Crippen LogP contribution in [0.4, 0.5) is 0 Å². The first-order valence-electron chi connectivity index (χ1n) is 7.69. The predicted molar refractivity (Wildman–Crippen MR) is 84.5 cm³/mol. The maximum Gasteiger partial charge on any atom is 0.304 e. The van der Waals surface area contributed by atoms with Gasteiger partial charge in [0, 0.05) is 34.6 Å². The first-order chi connectivity index (χ1) is 12.5. The fraction of sp³-hybridized carbons (Fsp3) is 0.625. The van der Waals surface area contributed by atoms with Crippen molar-refractivity contribution >= 4 is 29.8 Å². The Morgan fingerprint density at radius 3 is 1.52 bits per heavy atom. The molecule has 0 unspecified atom stereocenters. The summed E-state index contributed by atoms with van der Waals surface area (Å²) < 4.78 is 24.6. The average molecular weight is 387 g/mol. The Bertz CT molecular complexity index is 623. The first-order valence-corrected chi connectivity index (χ1v) is 7.69. The molecule has 0 heterocycles. The molecule has 0 aliphatic heterocycles. The van der Waals surface area contributed by atoms with E-state index in [9.17, 15) is 29.2 Å². The summed E-state index contributed by atoms with van der Waals surface area (Å²) in [5, 5.41) is 9.27. The van der Waals surface area contributed by atoms with Crippen LogP contribution < -0.4 is 0 Å². The van der Waals surface area contributed by atoms with Crippen LogP contribution in [0.1, 0.15) is 34.6 Å². The molecular weight excluding hydrogens is 366 g/mol. The lowest BCUT2D eigenvalue weighted by atomic mass is 10.0. The number of ether oxygens (including phenoxy) is 5. The second kappa shape index (κ2) is 11.5. The quantitative estimate of drug-likeness (QED) is 0.381. The molecule has 0 aliphatic rings. The minimum atomic E-state index is -1.69. The summed E-state index contributed by atoms with van der Waals surface area (Å²) in [7, 11) is 0. The predicted octanol–water partition coefficient (Wildman–Crippen LogP) is -0.200. The zero-order valence-electron chi connectivity index (χ0n) is 15.5. The number of carbonyl (C=O) groups is 5. The smallest absolute Gasteiger partial charge is 0.304 e. The van der Waals surface area contributed by atoms with Gasteiger partial charge in [0.25, 0.3) is 0 Å². The molecule has 0 bridgehead atoms. The number of carbonyl (C=O) groups excluding carboxylic acids is 5. The van der Waals surface area contributed by atoms with Crippen molar-refractivity contribution in [2.45, 2.75) is 59.0 Å². The van der Waals surface area contributed by atoms with Gasteiger partial charge in [-0.2, -0.15) is 5.26 Å². The third-order valence-corrected chi connectivity index (χ3v) is 2.78. The lowest BCUT2D eigenvalue weighted by Crippen LogP contribution is -2.52. The summed E-state index contributed by atoms with van der Waals surface area (Å²) in [4.78, 5) is 56.7. The Hall–Kier alpha value is -3.16. The van der Waals surface area contributed by atoms with Gasteiger partial charge in [0.05, 0.1) is 0 Å². The molecule has 0 fully saturated rings. The van der Waals surface area contributed by atoms with Crippen LogP contribution in [0.3, 0.4) is 0 Å². The van der Waals surface area contributed by atoms with Crippen molar-refractivity contribution < 1.29 is 47.7 Å². The van der Waals surface area contributed by atoms with Crippen molar-refractivity contribution in [1.29, 1.82) is 5.26 Å². The Morgan fingerprint density at radius 2 is 1.15 bits per heavy atom. The molecule has 150 valence electrons. The molecule has 0 saturated carbocycles. The normalized spacial score (nSPS) is 14.4. The van der Waals surface area contributed by atoms with Crippen LogP contribution in [-0.2, 0) is 47.7 Å². The van der Waals surface area contributed by atoms with Gasteiger partial charge in [0.1, 0.15) is 12.7 Å². The Balaban J connectivity index is 6.01. The number of hydrogen-bond donors (Lipinski definition) is 0. The molecule has 0 spiro atoms. The molecule has 0 radical (unpaired) electrons. The number of esters is 5. The highest BCUT2D eigenvalue weighted by atomic mass is 16.6. The van der Waals surface area contributed by atoms with E-state index in [0.29, 0.717) is 0 Å². The summed E-state index contributed by atoms with van der Waals surface area (Å²) in [6.07, 6.45) is -6.38. The minimum absolute atomic E-state index is 0.567. The van der Waals surface area contributed by atoms with E-state index in [1.54, 1.807) is 6.07 Å². The van der Waals surface area contributed by atoms with E-state index in [-0.39, 0.29) is 0 Å². The second-order valence-corrected chi connectivity index (χ2v) is 5.26. The highest BCUT2D eigenvalue weighted by molar-refractivity contribution is 5.69. The van der Waals surface area contributed by atoms with Crippen LogP contribution >= 0.6 is 0 Å². The summed E-state index contributed by atoms with van der Waals surface area (Å²) in [5.41, 5.74) is 0. The summed E-state index contributed by atoms with van der Waals surface area (Å²) >= 11 is 0. The molecular formula is C16H21NO10. The fourth-order valence-corrected chi connectivity index (χ4v) is 1.99. The first kappa shape index (κ1) is 23.8. The van der Waals surface area contributed by atoms with Gasteiger partial charge in [-0.1, -0.05) is 0 Å². The van der Waals surface area contributed by atoms with Gasteiger partial charge in [-0.3, -0.25) is 24.0 Å². The van der Waals surface area contributed by atoms with E-state index in [1.807, 2.05) is 0 Å². The van der Waals surface area contributed by atoms with Crippen LogP contribution in [0.25, 0.3) is 0 Å². The SMILES string of the molecule is CC(=O)OC[C@H](OC(C)=O)[C@H](OC(C)=O)[C@@H](OC(C)=O)[C@@H](C#N)OC(C)=O. The molecule has 27 heavy (non-hydrogen) atoms. The van der Waals surface area contributed by atoms with Crippen molar-refractivity contribution in [1.82, 2.24) is 0 Å². The van der Waals surface area contributed by atoms with E-state index < -0.39 is 60.9 Å².